The Morgan fingerprint density at radius 1 is 1.29 bits per heavy atom. The van der Waals surface area contributed by atoms with Gasteiger partial charge in [-0.2, -0.15) is 0 Å². The molecule has 0 aliphatic rings. The minimum absolute atomic E-state index is 0.0948. The minimum atomic E-state index is -0.772. The number of hydrogen-bond acceptors (Lipinski definition) is 2. The molecule has 3 nitrogen and oxygen atoms in total. The summed E-state index contributed by atoms with van der Waals surface area (Å²) in [5.41, 5.74) is -0.671. The molecule has 0 aromatic carbocycles. The molecule has 2 N–H and O–H groups in total. The van der Waals surface area contributed by atoms with Crippen LogP contribution in [-0.4, -0.2) is 21.8 Å². The molecule has 3 heteroatoms. The predicted molar refractivity (Wildman–Crippen MR) is 56.2 cm³/mol. The summed E-state index contributed by atoms with van der Waals surface area (Å²) in [6.45, 7) is 5.85. The molecule has 1 unspecified atom stereocenters. The van der Waals surface area contributed by atoms with Crippen LogP contribution in [0.1, 0.15) is 52.9 Å². The minimum Gasteiger partial charge on any atom is -0.481 e. The third kappa shape index (κ3) is 4.61. The second-order valence-electron chi connectivity index (χ2n) is 4.01. The highest BCUT2D eigenvalue weighted by Gasteiger charge is 2.27. The molecule has 0 aliphatic heterocycles. The molecule has 0 spiro atoms. The van der Waals surface area contributed by atoms with Gasteiger partial charge in [-0.1, -0.05) is 27.2 Å². The summed E-state index contributed by atoms with van der Waals surface area (Å²) in [5.74, 6) is -0.677. The van der Waals surface area contributed by atoms with Crippen LogP contribution in [-0.2, 0) is 4.79 Å². The lowest BCUT2D eigenvalue weighted by Gasteiger charge is -2.29. The fraction of sp³-hybridized carbons (Fsp3) is 0.909. The summed E-state index contributed by atoms with van der Waals surface area (Å²) < 4.78 is 0. The van der Waals surface area contributed by atoms with Gasteiger partial charge in [0, 0.05) is 6.42 Å². The average Bonchev–Trinajstić information content (AvgIpc) is 2.16. The first-order valence-electron chi connectivity index (χ1n) is 5.41. The van der Waals surface area contributed by atoms with Gasteiger partial charge in [0.05, 0.1) is 5.60 Å². The molecular weight excluding hydrogens is 180 g/mol. The molecule has 84 valence electrons. The van der Waals surface area contributed by atoms with Crippen molar-refractivity contribution in [3.63, 3.8) is 0 Å². The van der Waals surface area contributed by atoms with Gasteiger partial charge >= 0.3 is 5.97 Å². The number of carboxylic acid groups (broad SMARTS) is 1. The number of aliphatic carboxylic acids is 1. The SMILES string of the molecule is CCC(CC(=O)O)CC(O)(CC)CC. The summed E-state index contributed by atoms with van der Waals surface area (Å²) in [4.78, 5) is 10.5. The van der Waals surface area contributed by atoms with Crippen LogP contribution >= 0.6 is 0 Å². The zero-order valence-corrected chi connectivity index (χ0v) is 9.42. The maximum atomic E-state index is 10.5. The zero-order valence-electron chi connectivity index (χ0n) is 9.42. The van der Waals surface area contributed by atoms with Crippen LogP contribution in [0.5, 0.6) is 0 Å². The van der Waals surface area contributed by atoms with E-state index in [1.807, 2.05) is 20.8 Å². The third-order valence-corrected chi connectivity index (χ3v) is 3.03. The van der Waals surface area contributed by atoms with Gasteiger partial charge in [-0.25, -0.2) is 0 Å². The molecular formula is C11H22O3. The van der Waals surface area contributed by atoms with Crippen LogP contribution in [0.3, 0.4) is 0 Å². The van der Waals surface area contributed by atoms with Crippen molar-refractivity contribution in [1.29, 1.82) is 0 Å². The smallest absolute Gasteiger partial charge is 0.303 e. The van der Waals surface area contributed by atoms with Crippen LogP contribution in [0, 0.1) is 5.92 Å². The van der Waals surface area contributed by atoms with E-state index in [1.54, 1.807) is 0 Å². The van der Waals surface area contributed by atoms with E-state index in [2.05, 4.69) is 0 Å². The average molecular weight is 202 g/mol. The second kappa shape index (κ2) is 6.02. The summed E-state index contributed by atoms with van der Waals surface area (Å²) >= 11 is 0. The molecule has 0 amide bonds. The van der Waals surface area contributed by atoms with Crippen molar-refractivity contribution in [3.8, 4) is 0 Å². The molecule has 14 heavy (non-hydrogen) atoms. The molecule has 0 radical (unpaired) electrons. The Balaban J connectivity index is 4.21. The van der Waals surface area contributed by atoms with Crippen molar-refractivity contribution < 1.29 is 15.0 Å². The maximum Gasteiger partial charge on any atom is 0.303 e. The Bertz CT molecular complexity index is 173. The van der Waals surface area contributed by atoms with Gasteiger partial charge in [-0.05, 0) is 25.2 Å². The predicted octanol–water partition coefficient (Wildman–Crippen LogP) is 2.43. The van der Waals surface area contributed by atoms with Crippen molar-refractivity contribution in [3.05, 3.63) is 0 Å². The lowest BCUT2D eigenvalue weighted by Crippen LogP contribution is -2.30. The molecule has 0 aromatic rings. The number of aliphatic hydroxyl groups is 1. The van der Waals surface area contributed by atoms with Gasteiger partial charge in [0.1, 0.15) is 0 Å². The Labute approximate surface area is 86.1 Å². The van der Waals surface area contributed by atoms with Gasteiger partial charge in [-0.15, -0.1) is 0 Å². The highest BCUT2D eigenvalue weighted by atomic mass is 16.4. The fourth-order valence-corrected chi connectivity index (χ4v) is 1.68. The zero-order chi connectivity index (χ0) is 11.2. The molecule has 0 saturated heterocycles. The van der Waals surface area contributed by atoms with Crippen LogP contribution in [0.25, 0.3) is 0 Å². The van der Waals surface area contributed by atoms with Gasteiger partial charge in [0.15, 0.2) is 0 Å². The van der Waals surface area contributed by atoms with Crippen LogP contribution in [0.2, 0.25) is 0 Å². The van der Waals surface area contributed by atoms with Crippen LogP contribution in [0.15, 0.2) is 0 Å². The lowest BCUT2D eigenvalue weighted by atomic mass is 9.83. The van der Waals surface area contributed by atoms with E-state index in [-0.39, 0.29) is 12.3 Å². The maximum absolute atomic E-state index is 10.5. The summed E-state index contributed by atoms with van der Waals surface area (Å²) in [5, 5.41) is 18.7. The normalized spacial score (nSPS) is 14.0. The topological polar surface area (TPSA) is 57.5 Å². The van der Waals surface area contributed by atoms with Crippen LogP contribution < -0.4 is 0 Å². The van der Waals surface area contributed by atoms with Crippen molar-refractivity contribution in [1.82, 2.24) is 0 Å². The molecule has 0 rings (SSSR count). The Morgan fingerprint density at radius 2 is 1.79 bits per heavy atom. The molecule has 1 atom stereocenters. The van der Waals surface area contributed by atoms with E-state index in [1.165, 1.54) is 0 Å². The van der Waals surface area contributed by atoms with Crippen molar-refractivity contribution in [2.24, 2.45) is 5.92 Å². The summed E-state index contributed by atoms with van der Waals surface area (Å²) in [6, 6.07) is 0. The number of carbonyl (C=O) groups is 1. The molecule has 0 bridgehead atoms. The summed E-state index contributed by atoms with van der Waals surface area (Å²) in [7, 11) is 0. The van der Waals surface area contributed by atoms with Gasteiger partial charge in [0.2, 0.25) is 0 Å². The van der Waals surface area contributed by atoms with E-state index in [4.69, 9.17) is 5.11 Å². The quantitative estimate of drug-likeness (QED) is 0.666. The largest absolute Gasteiger partial charge is 0.481 e. The fourth-order valence-electron chi connectivity index (χ4n) is 1.68. The standard InChI is InChI=1S/C11H22O3/c1-4-9(7-10(12)13)8-11(14,5-2)6-3/h9,14H,4-8H2,1-3H3,(H,12,13). The Hall–Kier alpha value is -0.570. The molecule has 0 aromatic heterocycles. The van der Waals surface area contributed by atoms with Crippen molar-refractivity contribution in [2.45, 2.75) is 58.5 Å². The molecule has 0 heterocycles. The van der Waals surface area contributed by atoms with E-state index in [0.717, 1.165) is 6.42 Å². The Kier molecular flexibility index (Phi) is 5.77. The highest BCUT2D eigenvalue weighted by Crippen LogP contribution is 2.27. The first-order valence-corrected chi connectivity index (χ1v) is 5.41. The number of hydrogen-bond donors (Lipinski definition) is 2. The van der Waals surface area contributed by atoms with Gasteiger partial charge in [0.25, 0.3) is 0 Å². The third-order valence-electron chi connectivity index (χ3n) is 3.03. The van der Waals surface area contributed by atoms with Crippen molar-refractivity contribution >= 4 is 5.97 Å². The number of carboxylic acids is 1. The number of rotatable bonds is 7. The first-order chi connectivity index (χ1) is 6.47. The van der Waals surface area contributed by atoms with Crippen molar-refractivity contribution in [2.75, 3.05) is 0 Å². The van der Waals surface area contributed by atoms with E-state index >= 15 is 0 Å². The van der Waals surface area contributed by atoms with E-state index in [9.17, 15) is 9.90 Å². The van der Waals surface area contributed by atoms with Gasteiger partial charge in [-0.3, -0.25) is 4.79 Å². The van der Waals surface area contributed by atoms with E-state index in [0.29, 0.717) is 19.3 Å². The van der Waals surface area contributed by atoms with Crippen LogP contribution in [0.4, 0.5) is 0 Å². The summed E-state index contributed by atoms with van der Waals surface area (Å²) in [6.07, 6.45) is 2.97. The Morgan fingerprint density at radius 3 is 2.07 bits per heavy atom. The highest BCUT2D eigenvalue weighted by molar-refractivity contribution is 5.67. The second-order valence-corrected chi connectivity index (χ2v) is 4.01. The van der Waals surface area contributed by atoms with Gasteiger partial charge < -0.3 is 10.2 Å². The first kappa shape index (κ1) is 13.4. The van der Waals surface area contributed by atoms with E-state index < -0.39 is 11.6 Å². The molecule has 0 aliphatic carbocycles. The molecule has 0 fully saturated rings. The molecule has 0 saturated carbocycles. The monoisotopic (exact) mass is 202 g/mol. The lowest BCUT2D eigenvalue weighted by molar-refractivity contribution is -0.138.